The molecule has 0 unspecified atom stereocenters. The Balaban J connectivity index is 1.48. The number of hydrogen-bond donors (Lipinski definition) is 2. The van der Waals surface area contributed by atoms with Gasteiger partial charge < -0.3 is 15.4 Å². The predicted molar refractivity (Wildman–Crippen MR) is 71.1 cm³/mol. The van der Waals surface area contributed by atoms with E-state index in [-0.39, 0.29) is 0 Å². The Hall–Kier alpha value is -1.73. The molecule has 7 heteroatoms. The summed E-state index contributed by atoms with van der Waals surface area (Å²) in [6.45, 7) is 3.52. The molecule has 2 N–H and O–H groups in total. The molecule has 2 aromatic heterocycles. The second-order valence-corrected chi connectivity index (χ2v) is 4.58. The van der Waals surface area contributed by atoms with Gasteiger partial charge in [0.2, 0.25) is 5.65 Å². The van der Waals surface area contributed by atoms with Gasteiger partial charge >= 0.3 is 0 Å². The first kappa shape index (κ1) is 12.3. The van der Waals surface area contributed by atoms with Gasteiger partial charge in [0.25, 0.3) is 0 Å². The number of nitrogens with zero attached hydrogens (tertiary/aromatic N) is 4. The van der Waals surface area contributed by atoms with E-state index in [2.05, 4.69) is 25.8 Å². The van der Waals surface area contributed by atoms with Gasteiger partial charge in [0.15, 0.2) is 5.82 Å². The van der Waals surface area contributed by atoms with Gasteiger partial charge in [0, 0.05) is 18.9 Å². The molecule has 2 aromatic rings. The fourth-order valence-electron chi connectivity index (χ4n) is 2.24. The van der Waals surface area contributed by atoms with Gasteiger partial charge in [-0.1, -0.05) is 0 Å². The molecular formula is C12H18N6O. The van der Waals surface area contributed by atoms with Gasteiger partial charge in [-0.25, -0.2) is 4.98 Å². The van der Waals surface area contributed by atoms with Crippen molar-refractivity contribution in [2.75, 3.05) is 31.6 Å². The quantitative estimate of drug-likeness (QED) is 0.755. The maximum absolute atomic E-state index is 5.83. The molecule has 0 bridgehead atoms. The van der Waals surface area contributed by atoms with E-state index >= 15 is 0 Å². The molecule has 0 amide bonds. The van der Waals surface area contributed by atoms with Crippen LogP contribution in [0.4, 0.5) is 5.82 Å². The van der Waals surface area contributed by atoms with E-state index in [1.807, 2.05) is 10.6 Å². The smallest absolute Gasteiger partial charge is 0.203 e. The standard InChI is InChI=1S/C12H18N6O/c1-3-13-4-2-10(1)19-8-6-15-11-12-17-16-9-18(12)7-5-14-11/h5,7,9-10,13H,1-4,6,8H2,(H,14,15). The van der Waals surface area contributed by atoms with Crippen LogP contribution >= 0.6 is 0 Å². The lowest BCUT2D eigenvalue weighted by atomic mass is 10.1. The van der Waals surface area contributed by atoms with Crippen LogP contribution in [0.2, 0.25) is 0 Å². The van der Waals surface area contributed by atoms with Crippen molar-refractivity contribution in [3.05, 3.63) is 18.7 Å². The third kappa shape index (κ3) is 2.99. The molecule has 19 heavy (non-hydrogen) atoms. The van der Waals surface area contributed by atoms with Crippen molar-refractivity contribution < 1.29 is 4.74 Å². The maximum Gasteiger partial charge on any atom is 0.203 e. The van der Waals surface area contributed by atoms with Crippen molar-refractivity contribution in [1.29, 1.82) is 0 Å². The Labute approximate surface area is 111 Å². The Bertz CT molecular complexity index is 522. The third-order valence-electron chi connectivity index (χ3n) is 3.25. The Kier molecular flexibility index (Phi) is 3.85. The fourth-order valence-corrected chi connectivity index (χ4v) is 2.24. The van der Waals surface area contributed by atoms with Crippen molar-refractivity contribution in [3.63, 3.8) is 0 Å². The van der Waals surface area contributed by atoms with E-state index in [1.54, 1.807) is 12.5 Å². The highest BCUT2D eigenvalue weighted by Crippen LogP contribution is 2.10. The largest absolute Gasteiger partial charge is 0.376 e. The zero-order valence-electron chi connectivity index (χ0n) is 10.7. The molecule has 3 heterocycles. The molecule has 1 aliphatic rings. The number of fused-ring (bicyclic) bond motifs is 1. The van der Waals surface area contributed by atoms with Crippen LogP contribution in [0.3, 0.4) is 0 Å². The van der Waals surface area contributed by atoms with Gasteiger partial charge in [0.05, 0.1) is 12.7 Å². The third-order valence-corrected chi connectivity index (χ3v) is 3.25. The van der Waals surface area contributed by atoms with Crippen LogP contribution in [-0.2, 0) is 4.74 Å². The molecule has 1 fully saturated rings. The number of piperidine rings is 1. The second kappa shape index (κ2) is 5.94. The molecule has 0 aromatic carbocycles. The van der Waals surface area contributed by atoms with Gasteiger partial charge in [0.1, 0.15) is 6.33 Å². The van der Waals surface area contributed by atoms with Gasteiger partial charge in [-0.2, -0.15) is 0 Å². The second-order valence-electron chi connectivity index (χ2n) is 4.58. The van der Waals surface area contributed by atoms with Crippen molar-refractivity contribution in [3.8, 4) is 0 Å². The van der Waals surface area contributed by atoms with E-state index in [0.29, 0.717) is 12.7 Å². The van der Waals surface area contributed by atoms with Crippen molar-refractivity contribution in [1.82, 2.24) is 24.9 Å². The van der Waals surface area contributed by atoms with E-state index in [0.717, 1.165) is 43.9 Å². The van der Waals surface area contributed by atoms with Crippen LogP contribution in [0.5, 0.6) is 0 Å². The maximum atomic E-state index is 5.83. The summed E-state index contributed by atoms with van der Waals surface area (Å²) < 4.78 is 7.66. The monoisotopic (exact) mass is 262 g/mol. The van der Waals surface area contributed by atoms with Crippen LogP contribution in [0.25, 0.3) is 5.65 Å². The highest BCUT2D eigenvalue weighted by molar-refractivity contribution is 5.61. The van der Waals surface area contributed by atoms with Crippen molar-refractivity contribution in [2.24, 2.45) is 0 Å². The molecule has 0 spiro atoms. The molecule has 7 nitrogen and oxygen atoms in total. The van der Waals surface area contributed by atoms with Crippen LogP contribution in [0.15, 0.2) is 18.7 Å². The van der Waals surface area contributed by atoms with Gasteiger partial charge in [-0.3, -0.25) is 4.40 Å². The van der Waals surface area contributed by atoms with Crippen LogP contribution in [0, 0.1) is 0 Å². The summed E-state index contributed by atoms with van der Waals surface area (Å²) in [5, 5.41) is 14.4. The zero-order chi connectivity index (χ0) is 12.9. The van der Waals surface area contributed by atoms with Gasteiger partial charge in [-0.15, -0.1) is 10.2 Å². The number of rotatable bonds is 5. The first-order chi connectivity index (χ1) is 9.43. The first-order valence-electron chi connectivity index (χ1n) is 6.64. The molecule has 0 saturated carbocycles. The van der Waals surface area contributed by atoms with E-state index in [1.165, 1.54) is 0 Å². The normalized spacial score (nSPS) is 16.8. The average molecular weight is 262 g/mol. The summed E-state index contributed by atoms with van der Waals surface area (Å²) in [6, 6.07) is 0. The zero-order valence-corrected chi connectivity index (χ0v) is 10.7. The minimum Gasteiger partial charge on any atom is -0.376 e. The first-order valence-corrected chi connectivity index (χ1v) is 6.64. The summed E-state index contributed by atoms with van der Waals surface area (Å²) >= 11 is 0. The molecule has 3 rings (SSSR count). The molecule has 0 aliphatic carbocycles. The minimum absolute atomic E-state index is 0.389. The summed E-state index contributed by atoms with van der Waals surface area (Å²) in [5.41, 5.74) is 0.740. The Morgan fingerprint density at radius 2 is 2.32 bits per heavy atom. The predicted octanol–water partition coefficient (Wildman–Crippen LogP) is 0.305. The summed E-state index contributed by atoms with van der Waals surface area (Å²) in [4.78, 5) is 4.26. The molecule has 0 radical (unpaired) electrons. The lowest BCUT2D eigenvalue weighted by molar-refractivity contribution is 0.0394. The number of nitrogens with one attached hydrogen (secondary N) is 2. The summed E-state index contributed by atoms with van der Waals surface area (Å²) in [5.74, 6) is 0.744. The molecule has 102 valence electrons. The summed E-state index contributed by atoms with van der Waals surface area (Å²) in [7, 11) is 0. The highest BCUT2D eigenvalue weighted by Gasteiger charge is 2.12. The van der Waals surface area contributed by atoms with E-state index in [4.69, 9.17) is 4.74 Å². The van der Waals surface area contributed by atoms with Crippen molar-refractivity contribution >= 4 is 11.5 Å². The molecular weight excluding hydrogens is 244 g/mol. The minimum atomic E-state index is 0.389. The topological polar surface area (TPSA) is 76.4 Å². The molecule has 1 saturated heterocycles. The number of ether oxygens (including phenoxy) is 1. The summed E-state index contributed by atoms with van der Waals surface area (Å²) in [6.07, 6.45) is 7.79. The van der Waals surface area contributed by atoms with Crippen LogP contribution in [0.1, 0.15) is 12.8 Å². The van der Waals surface area contributed by atoms with E-state index < -0.39 is 0 Å². The molecule has 1 aliphatic heterocycles. The lowest BCUT2D eigenvalue weighted by Gasteiger charge is -2.22. The number of hydrogen-bond acceptors (Lipinski definition) is 6. The van der Waals surface area contributed by atoms with Crippen LogP contribution in [-0.4, -0.2) is 51.9 Å². The van der Waals surface area contributed by atoms with E-state index in [9.17, 15) is 0 Å². The van der Waals surface area contributed by atoms with Crippen LogP contribution < -0.4 is 10.6 Å². The lowest BCUT2D eigenvalue weighted by Crippen LogP contribution is -2.33. The highest BCUT2D eigenvalue weighted by atomic mass is 16.5. The Morgan fingerprint density at radius 3 is 3.21 bits per heavy atom. The fraction of sp³-hybridized carbons (Fsp3) is 0.583. The number of anilines is 1. The van der Waals surface area contributed by atoms with Crippen molar-refractivity contribution in [2.45, 2.75) is 18.9 Å². The SMILES string of the molecule is c1cn2cnnc2c(NCCOC2CCNCC2)n1. The number of aromatic nitrogens is 4. The Morgan fingerprint density at radius 1 is 1.42 bits per heavy atom. The molecule has 0 atom stereocenters. The average Bonchev–Trinajstić information content (AvgIpc) is 2.94. The van der Waals surface area contributed by atoms with Gasteiger partial charge in [-0.05, 0) is 25.9 Å².